The van der Waals surface area contributed by atoms with Crippen LogP contribution in [0.15, 0.2) is 27.7 Å². The predicted octanol–water partition coefficient (Wildman–Crippen LogP) is 1.51. The highest BCUT2D eigenvalue weighted by molar-refractivity contribution is 6.17. The molecule has 32 heavy (non-hydrogen) atoms. The number of aliphatic hydroxyl groups is 1. The van der Waals surface area contributed by atoms with Crippen LogP contribution in [0.25, 0.3) is 0 Å². The molecular weight excluding hydrogens is 427 g/mol. The van der Waals surface area contributed by atoms with E-state index >= 15 is 0 Å². The van der Waals surface area contributed by atoms with Crippen molar-refractivity contribution in [2.24, 2.45) is 32.8 Å². The number of fused-ring (bicyclic) bond motifs is 1. The van der Waals surface area contributed by atoms with Crippen molar-refractivity contribution in [3.63, 3.8) is 0 Å². The van der Waals surface area contributed by atoms with Crippen molar-refractivity contribution >= 4 is 24.0 Å². The van der Waals surface area contributed by atoms with Crippen LogP contribution in [0.1, 0.15) is 19.8 Å². The monoisotopic (exact) mass is 455 g/mol. The zero-order valence-electron chi connectivity index (χ0n) is 18.1. The summed E-state index contributed by atoms with van der Waals surface area (Å²) in [5.41, 5.74) is -1.58. The van der Waals surface area contributed by atoms with Crippen molar-refractivity contribution in [2.75, 3.05) is 26.7 Å². The minimum absolute atomic E-state index is 0.00691. The summed E-state index contributed by atoms with van der Waals surface area (Å²) in [4.78, 5) is 23.8. The van der Waals surface area contributed by atoms with Crippen LogP contribution in [0.2, 0.25) is 0 Å². The Bertz CT molecular complexity index is 860. The molecule has 176 valence electrons. The van der Waals surface area contributed by atoms with Gasteiger partial charge in [-0.05, 0) is 24.8 Å². The molecule has 0 spiro atoms. The van der Waals surface area contributed by atoms with E-state index in [0.29, 0.717) is 18.7 Å². The van der Waals surface area contributed by atoms with Crippen molar-refractivity contribution in [1.29, 1.82) is 0 Å². The van der Waals surface area contributed by atoms with Gasteiger partial charge in [0.2, 0.25) is 11.6 Å². The summed E-state index contributed by atoms with van der Waals surface area (Å²) >= 11 is 0. The number of ether oxygens (including phenoxy) is 1. The number of likely N-dealkylation sites (tertiary alicyclic amines) is 1. The first-order valence-electron chi connectivity index (χ1n) is 10.7. The summed E-state index contributed by atoms with van der Waals surface area (Å²) in [5.74, 6) is -1.12. The Balaban J connectivity index is 1.61. The molecule has 0 aromatic heterocycles. The minimum Gasteiger partial charge on any atom is -0.380 e. The number of hydrazone groups is 1. The van der Waals surface area contributed by atoms with Gasteiger partial charge in [-0.3, -0.25) is 24.7 Å². The van der Waals surface area contributed by atoms with Gasteiger partial charge in [0.05, 0.1) is 42.9 Å². The first-order valence-corrected chi connectivity index (χ1v) is 10.7. The average Bonchev–Trinajstić information content (AvgIpc) is 3.27. The van der Waals surface area contributed by atoms with Crippen molar-refractivity contribution in [3.05, 3.63) is 12.7 Å². The van der Waals surface area contributed by atoms with E-state index in [9.17, 15) is 23.1 Å². The van der Waals surface area contributed by atoms with Crippen LogP contribution >= 0.6 is 0 Å². The first kappa shape index (κ1) is 22.9. The molecule has 0 aromatic rings. The van der Waals surface area contributed by atoms with Crippen molar-refractivity contribution in [1.82, 2.24) is 9.91 Å². The molecule has 11 heteroatoms. The molecule has 4 aliphatic heterocycles. The lowest BCUT2D eigenvalue weighted by atomic mass is 9.77. The van der Waals surface area contributed by atoms with Crippen LogP contribution < -0.4 is 0 Å². The number of rotatable bonds is 5. The Morgan fingerprint density at radius 3 is 2.78 bits per heavy atom. The molecule has 8 nitrogen and oxygen atoms in total. The van der Waals surface area contributed by atoms with Gasteiger partial charge in [0.25, 0.3) is 0 Å². The summed E-state index contributed by atoms with van der Waals surface area (Å²) < 4.78 is 43.8. The van der Waals surface area contributed by atoms with Gasteiger partial charge in [0, 0.05) is 25.5 Å². The number of methoxy groups -OCH3 is 1. The van der Waals surface area contributed by atoms with E-state index < -0.39 is 30.4 Å². The number of alkyl halides is 3. The van der Waals surface area contributed by atoms with Crippen molar-refractivity contribution in [3.8, 4) is 0 Å². The molecular formula is C21H28F3N5O3. The van der Waals surface area contributed by atoms with E-state index in [-0.39, 0.29) is 36.4 Å². The quantitative estimate of drug-likeness (QED) is 0.637. The number of hydrogen-bond acceptors (Lipinski definition) is 7. The maximum Gasteiger partial charge on any atom is 0.407 e. The Kier molecular flexibility index (Phi) is 5.91. The highest BCUT2D eigenvalue weighted by Crippen LogP contribution is 2.43. The molecule has 1 amide bonds. The maximum atomic E-state index is 13.4. The summed E-state index contributed by atoms with van der Waals surface area (Å²) in [6, 6.07) is -1.00. The van der Waals surface area contributed by atoms with Crippen LogP contribution in [0, 0.1) is 17.8 Å². The fourth-order valence-corrected chi connectivity index (χ4v) is 5.24. The molecule has 0 aliphatic carbocycles. The van der Waals surface area contributed by atoms with E-state index in [1.807, 2.05) is 13.1 Å². The highest BCUT2D eigenvalue weighted by atomic mass is 19.4. The molecule has 7 unspecified atom stereocenters. The number of hydrogen-bond donors (Lipinski definition) is 1. The molecule has 4 aliphatic rings. The van der Waals surface area contributed by atoms with Crippen molar-refractivity contribution in [2.45, 2.75) is 49.9 Å². The third-order valence-corrected chi connectivity index (χ3v) is 6.78. The van der Waals surface area contributed by atoms with Gasteiger partial charge >= 0.3 is 6.18 Å². The van der Waals surface area contributed by atoms with E-state index in [2.05, 4.69) is 16.7 Å². The number of aliphatic imine (C=N–C) groups is 2. The molecule has 0 bridgehead atoms. The maximum absolute atomic E-state index is 13.4. The third-order valence-electron chi connectivity index (χ3n) is 6.78. The van der Waals surface area contributed by atoms with Crippen LogP contribution in [0.3, 0.4) is 0 Å². The van der Waals surface area contributed by atoms with Gasteiger partial charge in [-0.2, -0.15) is 18.3 Å². The van der Waals surface area contributed by atoms with E-state index in [1.165, 1.54) is 17.2 Å². The van der Waals surface area contributed by atoms with E-state index in [4.69, 9.17) is 9.73 Å². The summed E-state index contributed by atoms with van der Waals surface area (Å²) in [6.07, 6.45) is 1.33. The lowest BCUT2D eigenvalue weighted by Crippen LogP contribution is -2.55. The van der Waals surface area contributed by atoms with Crippen LogP contribution in [-0.4, -0.2) is 95.9 Å². The second-order valence-corrected chi connectivity index (χ2v) is 8.98. The standard InChI is InChI=1S/C21H28F3N5O3/c1-4-20(31)18-17(12(2)5-16(27-18)13-6-15(32-3)9-25-7-13)19(30)29(20)14-8-26-28(10-14)11-21(22,23)24/h4,7-8,12-17,31H,1,5-6,9-11H2,2-3H3. The summed E-state index contributed by atoms with van der Waals surface area (Å²) in [5, 5.41) is 16.2. The fourth-order valence-electron chi connectivity index (χ4n) is 5.24. The molecule has 1 N–H and O–H groups in total. The molecule has 1 fully saturated rings. The number of nitrogens with zero attached hydrogens (tertiary/aromatic N) is 5. The van der Waals surface area contributed by atoms with Gasteiger partial charge in [-0.1, -0.05) is 13.5 Å². The molecule has 4 heterocycles. The normalized spacial score (nSPS) is 39.4. The minimum atomic E-state index is -4.42. The van der Waals surface area contributed by atoms with Crippen molar-refractivity contribution < 1.29 is 27.8 Å². The van der Waals surface area contributed by atoms with Crippen LogP contribution in [-0.2, 0) is 9.53 Å². The second-order valence-electron chi connectivity index (χ2n) is 8.98. The number of carbonyl (C=O) groups excluding carboxylic acids is 1. The van der Waals surface area contributed by atoms with Gasteiger partial charge < -0.3 is 9.84 Å². The average molecular weight is 455 g/mol. The van der Waals surface area contributed by atoms with Gasteiger partial charge in [0.1, 0.15) is 6.54 Å². The zero-order chi connectivity index (χ0) is 23.3. The first-order chi connectivity index (χ1) is 15.1. The molecule has 7 atom stereocenters. The zero-order valence-corrected chi connectivity index (χ0v) is 18.1. The smallest absolute Gasteiger partial charge is 0.380 e. The Morgan fingerprint density at radius 1 is 1.38 bits per heavy atom. The molecule has 0 saturated carbocycles. The highest BCUT2D eigenvalue weighted by Gasteiger charge is 2.60. The fraction of sp³-hybridized carbons (Fsp3) is 0.714. The summed E-state index contributed by atoms with van der Waals surface area (Å²) in [6.45, 7) is 4.86. The van der Waals surface area contributed by atoms with Crippen LogP contribution in [0.5, 0.6) is 0 Å². The predicted molar refractivity (Wildman–Crippen MR) is 113 cm³/mol. The number of halogens is 3. The van der Waals surface area contributed by atoms with E-state index in [1.54, 1.807) is 7.11 Å². The molecule has 1 saturated heterocycles. The Labute approximate surface area is 184 Å². The van der Waals surface area contributed by atoms with E-state index in [0.717, 1.165) is 11.4 Å². The lowest BCUT2D eigenvalue weighted by molar-refractivity contribution is -0.148. The van der Waals surface area contributed by atoms with Gasteiger partial charge in [-0.25, -0.2) is 0 Å². The Morgan fingerprint density at radius 2 is 2.12 bits per heavy atom. The Hall–Kier alpha value is -2.27. The second kappa shape index (κ2) is 8.26. The topological polar surface area (TPSA) is 90.1 Å². The largest absolute Gasteiger partial charge is 0.407 e. The third kappa shape index (κ3) is 3.96. The molecule has 4 rings (SSSR count). The lowest BCUT2D eigenvalue weighted by Gasteiger charge is -2.37. The number of amides is 1. The molecule has 0 aromatic carbocycles. The summed E-state index contributed by atoms with van der Waals surface area (Å²) in [7, 11) is 1.64. The SMILES string of the molecule is C=CC1(O)C2=NC(C3C=NCC(OC)C3)CC(C)C2C(=O)N1C1C=NN(CC(F)(F)F)C1. The van der Waals surface area contributed by atoms with Crippen LogP contribution in [0.4, 0.5) is 13.2 Å². The van der Waals surface area contributed by atoms with Gasteiger partial charge in [0.15, 0.2) is 0 Å². The van der Waals surface area contributed by atoms with Gasteiger partial charge in [-0.15, -0.1) is 0 Å². The molecule has 0 radical (unpaired) electrons. The number of carbonyl (C=O) groups is 1.